The van der Waals surface area contributed by atoms with E-state index in [-0.39, 0.29) is 6.04 Å². The molecule has 1 aliphatic carbocycles. The average Bonchev–Trinajstić information content (AvgIpc) is 3.22. The fourth-order valence-electron chi connectivity index (χ4n) is 1.84. The molecule has 0 saturated heterocycles. The number of nitrogens with zero attached hydrogens (tertiary/aromatic N) is 1. The average molecular weight is 244 g/mol. The van der Waals surface area contributed by atoms with Gasteiger partial charge in [-0.3, -0.25) is 5.32 Å². The first-order chi connectivity index (χ1) is 8.81. The van der Waals surface area contributed by atoms with Gasteiger partial charge in [-0.25, -0.2) is 0 Å². The Morgan fingerprint density at radius 1 is 1.39 bits per heavy atom. The van der Waals surface area contributed by atoms with E-state index in [9.17, 15) is 0 Å². The highest BCUT2D eigenvalue weighted by Gasteiger charge is 2.24. The van der Waals surface area contributed by atoms with E-state index < -0.39 is 0 Å². The van der Waals surface area contributed by atoms with E-state index in [4.69, 9.17) is 10.00 Å². The Labute approximate surface area is 109 Å². The first kappa shape index (κ1) is 12.9. The topological polar surface area (TPSA) is 45.0 Å². The van der Waals surface area contributed by atoms with Crippen LogP contribution in [-0.2, 0) is 6.42 Å². The molecule has 0 heterocycles. The van der Waals surface area contributed by atoms with Gasteiger partial charge in [0.05, 0.1) is 18.7 Å². The summed E-state index contributed by atoms with van der Waals surface area (Å²) in [7, 11) is 0. The van der Waals surface area contributed by atoms with Crippen molar-refractivity contribution in [2.24, 2.45) is 0 Å². The van der Waals surface area contributed by atoms with Crippen molar-refractivity contribution in [1.29, 1.82) is 5.26 Å². The van der Waals surface area contributed by atoms with Gasteiger partial charge in [0.25, 0.3) is 0 Å². The minimum atomic E-state index is -0.0765. The second kappa shape index (κ2) is 6.42. The van der Waals surface area contributed by atoms with Crippen LogP contribution in [0.2, 0.25) is 0 Å². The smallest absolute Gasteiger partial charge is 0.119 e. The van der Waals surface area contributed by atoms with Crippen LogP contribution >= 0.6 is 0 Å². The Morgan fingerprint density at radius 2 is 2.11 bits per heavy atom. The fraction of sp³-hybridized carbons (Fsp3) is 0.533. The molecule has 0 aliphatic heterocycles. The van der Waals surface area contributed by atoms with E-state index in [1.807, 2.05) is 12.1 Å². The Kier molecular flexibility index (Phi) is 4.60. The SMILES string of the molecule is CCc1ccc(OCCC(C#N)NC2CC2)cc1. The highest BCUT2D eigenvalue weighted by molar-refractivity contribution is 5.27. The fourth-order valence-corrected chi connectivity index (χ4v) is 1.84. The molecule has 0 radical (unpaired) electrons. The number of benzene rings is 1. The molecule has 18 heavy (non-hydrogen) atoms. The van der Waals surface area contributed by atoms with Gasteiger partial charge in [-0.2, -0.15) is 5.26 Å². The number of nitrogens with one attached hydrogen (secondary N) is 1. The van der Waals surface area contributed by atoms with Gasteiger partial charge in [-0.1, -0.05) is 19.1 Å². The Bertz CT molecular complexity index is 403. The van der Waals surface area contributed by atoms with Crippen molar-refractivity contribution in [2.45, 2.75) is 44.7 Å². The lowest BCUT2D eigenvalue weighted by atomic mass is 10.2. The van der Waals surface area contributed by atoms with E-state index in [1.165, 1.54) is 18.4 Å². The zero-order chi connectivity index (χ0) is 12.8. The number of nitriles is 1. The third kappa shape index (κ3) is 4.05. The van der Waals surface area contributed by atoms with Gasteiger partial charge in [0.2, 0.25) is 0 Å². The summed E-state index contributed by atoms with van der Waals surface area (Å²) in [6.07, 6.45) is 4.19. The Morgan fingerprint density at radius 3 is 2.67 bits per heavy atom. The first-order valence-electron chi connectivity index (χ1n) is 6.69. The predicted octanol–water partition coefficient (Wildman–Crippen LogP) is 2.66. The molecule has 3 heteroatoms. The van der Waals surface area contributed by atoms with Crippen LogP contribution in [0.4, 0.5) is 0 Å². The maximum absolute atomic E-state index is 9.00. The molecule has 1 atom stereocenters. The Balaban J connectivity index is 1.71. The molecule has 1 aliphatic rings. The van der Waals surface area contributed by atoms with Gasteiger partial charge >= 0.3 is 0 Å². The monoisotopic (exact) mass is 244 g/mol. The van der Waals surface area contributed by atoms with Gasteiger partial charge in [-0.05, 0) is 37.0 Å². The molecule has 0 aromatic heterocycles. The summed E-state index contributed by atoms with van der Waals surface area (Å²) in [6.45, 7) is 2.72. The number of ether oxygens (including phenoxy) is 1. The van der Waals surface area contributed by atoms with Crippen LogP contribution in [0, 0.1) is 11.3 Å². The van der Waals surface area contributed by atoms with Gasteiger partial charge in [0.15, 0.2) is 0 Å². The normalized spacial score (nSPS) is 16.0. The van der Waals surface area contributed by atoms with Crippen molar-refractivity contribution in [3.63, 3.8) is 0 Å². The quantitative estimate of drug-likeness (QED) is 0.802. The molecule has 1 unspecified atom stereocenters. The summed E-state index contributed by atoms with van der Waals surface area (Å²) in [5.41, 5.74) is 1.31. The molecule has 0 spiro atoms. The molecule has 3 nitrogen and oxygen atoms in total. The number of aryl methyl sites for hydroxylation is 1. The molecule has 96 valence electrons. The number of hydrogen-bond donors (Lipinski definition) is 1. The van der Waals surface area contributed by atoms with Crippen LogP contribution in [0.1, 0.15) is 31.7 Å². The maximum atomic E-state index is 9.00. The third-order valence-electron chi connectivity index (χ3n) is 3.18. The summed E-state index contributed by atoms with van der Waals surface area (Å²) in [4.78, 5) is 0. The van der Waals surface area contributed by atoms with E-state index in [0.717, 1.165) is 18.6 Å². The lowest BCUT2D eigenvalue weighted by Gasteiger charge is -2.11. The highest BCUT2D eigenvalue weighted by Crippen LogP contribution is 2.20. The zero-order valence-corrected chi connectivity index (χ0v) is 10.9. The van der Waals surface area contributed by atoms with Crippen LogP contribution in [0.5, 0.6) is 5.75 Å². The lowest BCUT2D eigenvalue weighted by molar-refractivity contribution is 0.297. The minimum Gasteiger partial charge on any atom is -0.493 e. The molecule has 2 rings (SSSR count). The molecule has 1 fully saturated rings. The van der Waals surface area contributed by atoms with Gasteiger partial charge in [0, 0.05) is 12.5 Å². The highest BCUT2D eigenvalue weighted by atomic mass is 16.5. The standard InChI is InChI=1S/C15H20N2O/c1-2-12-3-7-15(8-4-12)18-10-9-14(11-16)17-13-5-6-13/h3-4,7-8,13-14,17H,2,5-6,9-10H2,1H3. The van der Waals surface area contributed by atoms with Crippen molar-refractivity contribution in [3.8, 4) is 11.8 Å². The van der Waals surface area contributed by atoms with Crippen LogP contribution in [-0.4, -0.2) is 18.7 Å². The van der Waals surface area contributed by atoms with Gasteiger partial charge in [0.1, 0.15) is 5.75 Å². The largest absolute Gasteiger partial charge is 0.493 e. The van der Waals surface area contributed by atoms with E-state index >= 15 is 0 Å². The molecular weight excluding hydrogens is 224 g/mol. The second-order valence-electron chi connectivity index (χ2n) is 4.76. The van der Waals surface area contributed by atoms with Crippen LogP contribution < -0.4 is 10.1 Å². The molecular formula is C15H20N2O. The molecule has 1 N–H and O–H groups in total. The minimum absolute atomic E-state index is 0.0765. The van der Waals surface area contributed by atoms with Crippen molar-refractivity contribution in [1.82, 2.24) is 5.32 Å². The number of hydrogen-bond acceptors (Lipinski definition) is 3. The molecule has 1 saturated carbocycles. The number of rotatable bonds is 7. The molecule has 1 aromatic carbocycles. The van der Waals surface area contributed by atoms with Crippen molar-refractivity contribution >= 4 is 0 Å². The van der Waals surface area contributed by atoms with Crippen molar-refractivity contribution in [3.05, 3.63) is 29.8 Å². The van der Waals surface area contributed by atoms with E-state index in [2.05, 4.69) is 30.4 Å². The maximum Gasteiger partial charge on any atom is 0.119 e. The summed E-state index contributed by atoms with van der Waals surface area (Å²) in [5, 5.41) is 12.3. The van der Waals surface area contributed by atoms with E-state index in [1.54, 1.807) is 0 Å². The third-order valence-corrected chi connectivity index (χ3v) is 3.18. The lowest BCUT2D eigenvalue weighted by Crippen LogP contribution is -2.31. The summed E-state index contributed by atoms with van der Waals surface area (Å²) >= 11 is 0. The first-order valence-corrected chi connectivity index (χ1v) is 6.69. The van der Waals surface area contributed by atoms with Crippen LogP contribution in [0.25, 0.3) is 0 Å². The molecule has 0 amide bonds. The summed E-state index contributed by atoms with van der Waals surface area (Å²) in [5.74, 6) is 0.885. The predicted molar refractivity (Wildman–Crippen MR) is 71.5 cm³/mol. The van der Waals surface area contributed by atoms with Crippen LogP contribution in [0.15, 0.2) is 24.3 Å². The van der Waals surface area contributed by atoms with Crippen molar-refractivity contribution in [2.75, 3.05) is 6.61 Å². The zero-order valence-electron chi connectivity index (χ0n) is 10.9. The van der Waals surface area contributed by atoms with E-state index in [0.29, 0.717) is 12.6 Å². The summed E-state index contributed by atoms with van der Waals surface area (Å²) in [6, 6.07) is 10.9. The molecule has 1 aromatic rings. The Hall–Kier alpha value is -1.53. The van der Waals surface area contributed by atoms with Gasteiger partial charge in [-0.15, -0.1) is 0 Å². The summed E-state index contributed by atoms with van der Waals surface area (Å²) < 4.78 is 5.65. The van der Waals surface area contributed by atoms with Crippen LogP contribution in [0.3, 0.4) is 0 Å². The second-order valence-corrected chi connectivity index (χ2v) is 4.76. The van der Waals surface area contributed by atoms with Gasteiger partial charge < -0.3 is 4.74 Å². The molecule has 0 bridgehead atoms. The van der Waals surface area contributed by atoms with Crippen molar-refractivity contribution < 1.29 is 4.74 Å².